The molecular weight excluding hydrogens is 219 g/mol. The van der Waals surface area contributed by atoms with Crippen molar-refractivity contribution in [2.24, 2.45) is 5.73 Å². The van der Waals surface area contributed by atoms with Gasteiger partial charge in [0.2, 0.25) is 0 Å². The maximum absolute atomic E-state index is 13.5. The monoisotopic (exact) mass is 238 g/mol. The van der Waals surface area contributed by atoms with Crippen LogP contribution in [-0.4, -0.2) is 31.1 Å². The lowest BCUT2D eigenvalue weighted by molar-refractivity contribution is 0.201. The van der Waals surface area contributed by atoms with Crippen LogP contribution >= 0.6 is 0 Å². The number of hydrogen-bond acceptors (Lipinski definition) is 3. The van der Waals surface area contributed by atoms with Gasteiger partial charge in [-0.05, 0) is 37.1 Å². The smallest absolute Gasteiger partial charge is 0.165 e. The van der Waals surface area contributed by atoms with Crippen LogP contribution in [0.5, 0.6) is 5.75 Å². The van der Waals surface area contributed by atoms with E-state index in [9.17, 15) is 4.39 Å². The molecule has 4 heteroatoms. The second kappa shape index (κ2) is 5.47. The molecule has 0 radical (unpaired) electrons. The SMILES string of the molecule is COc1ccc(CN2CCC[C@@H](N)C2)cc1F. The van der Waals surface area contributed by atoms with E-state index >= 15 is 0 Å². The molecule has 1 atom stereocenters. The van der Waals surface area contributed by atoms with Crippen LogP contribution in [0.3, 0.4) is 0 Å². The van der Waals surface area contributed by atoms with Crippen molar-refractivity contribution < 1.29 is 9.13 Å². The second-order valence-electron chi connectivity index (χ2n) is 4.61. The molecule has 1 aromatic rings. The molecule has 94 valence electrons. The van der Waals surface area contributed by atoms with E-state index in [-0.39, 0.29) is 11.9 Å². The first kappa shape index (κ1) is 12.3. The molecule has 1 fully saturated rings. The third-order valence-corrected chi connectivity index (χ3v) is 3.16. The summed E-state index contributed by atoms with van der Waals surface area (Å²) in [6, 6.07) is 5.38. The van der Waals surface area contributed by atoms with E-state index in [0.29, 0.717) is 5.75 Å². The van der Waals surface area contributed by atoms with Gasteiger partial charge < -0.3 is 10.5 Å². The number of halogens is 1. The van der Waals surface area contributed by atoms with Crippen LogP contribution in [0.25, 0.3) is 0 Å². The van der Waals surface area contributed by atoms with Gasteiger partial charge >= 0.3 is 0 Å². The molecule has 1 aliphatic rings. The fraction of sp³-hybridized carbons (Fsp3) is 0.538. The van der Waals surface area contributed by atoms with Crippen molar-refractivity contribution in [3.05, 3.63) is 29.6 Å². The molecular formula is C13H19FN2O. The second-order valence-corrected chi connectivity index (χ2v) is 4.61. The Bertz CT molecular complexity index is 384. The lowest BCUT2D eigenvalue weighted by Gasteiger charge is -2.30. The zero-order chi connectivity index (χ0) is 12.3. The molecule has 1 aliphatic heterocycles. The van der Waals surface area contributed by atoms with Gasteiger partial charge in [0.05, 0.1) is 7.11 Å². The van der Waals surface area contributed by atoms with Gasteiger partial charge in [-0.1, -0.05) is 6.07 Å². The van der Waals surface area contributed by atoms with E-state index in [1.165, 1.54) is 7.11 Å². The highest BCUT2D eigenvalue weighted by atomic mass is 19.1. The van der Waals surface area contributed by atoms with Crippen molar-refractivity contribution >= 4 is 0 Å². The Balaban J connectivity index is 2.00. The number of benzene rings is 1. The Labute approximate surface area is 101 Å². The largest absolute Gasteiger partial charge is 0.494 e. The summed E-state index contributed by atoms with van der Waals surface area (Å²) in [5.41, 5.74) is 6.89. The summed E-state index contributed by atoms with van der Waals surface area (Å²) in [6.07, 6.45) is 2.22. The minimum Gasteiger partial charge on any atom is -0.494 e. The lowest BCUT2D eigenvalue weighted by Crippen LogP contribution is -2.42. The molecule has 0 saturated carbocycles. The Morgan fingerprint density at radius 2 is 2.35 bits per heavy atom. The first-order chi connectivity index (χ1) is 8.19. The van der Waals surface area contributed by atoms with Gasteiger partial charge in [0.15, 0.2) is 11.6 Å². The first-order valence-electron chi connectivity index (χ1n) is 5.99. The van der Waals surface area contributed by atoms with Crippen LogP contribution in [0.2, 0.25) is 0 Å². The fourth-order valence-corrected chi connectivity index (χ4v) is 2.30. The van der Waals surface area contributed by atoms with Gasteiger partial charge in [0.1, 0.15) is 0 Å². The molecule has 2 N–H and O–H groups in total. The van der Waals surface area contributed by atoms with Crippen LogP contribution in [0.15, 0.2) is 18.2 Å². The predicted molar refractivity (Wildman–Crippen MR) is 65.4 cm³/mol. The van der Waals surface area contributed by atoms with Crippen molar-refractivity contribution in [2.45, 2.75) is 25.4 Å². The normalized spacial score (nSPS) is 21.5. The van der Waals surface area contributed by atoms with Crippen molar-refractivity contribution in [3.63, 3.8) is 0 Å². The van der Waals surface area contributed by atoms with Crippen LogP contribution in [-0.2, 0) is 6.54 Å². The van der Waals surface area contributed by atoms with Crippen molar-refractivity contribution in [1.29, 1.82) is 0 Å². The minimum atomic E-state index is -0.300. The average molecular weight is 238 g/mol. The predicted octanol–water partition coefficient (Wildman–Crippen LogP) is 1.76. The molecule has 1 heterocycles. The van der Waals surface area contributed by atoms with E-state index in [0.717, 1.165) is 38.0 Å². The highest BCUT2D eigenvalue weighted by Gasteiger charge is 2.17. The Kier molecular flexibility index (Phi) is 3.97. The number of piperidine rings is 1. The fourth-order valence-electron chi connectivity index (χ4n) is 2.30. The minimum absolute atomic E-state index is 0.256. The van der Waals surface area contributed by atoms with Crippen LogP contribution < -0.4 is 10.5 Å². The number of nitrogens with zero attached hydrogens (tertiary/aromatic N) is 1. The molecule has 0 unspecified atom stereocenters. The van der Waals surface area contributed by atoms with Gasteiger partial charge in [-0.25, -0.2) is 4.39 Å². The standard InChI is InChI=1S/C13H19FN2O/c1-17-13-5-4-10(7-12(13)14)8-16-6-2-3-11(15)9-16/h4-5,7,11H,2-3,6,8-9,15H2,1H3/t11-/m1/s1. The highest BCUT2D eigenvalue weighted by Crippen LogP contribution is 2.19. The molecule has 3 nitrogen and oxygen atoms in total. The molecule has 1 saturated heterocycles. The molecule has 0 aliphatic carbocycles. The number of nitrogens with two attached hydrogens (primary N) is 1. The summed E-state index contributed by atoms with van der Waals surface area (Å²) in [7, 11) is 1.47. The summed E-state index contributed by atoms with van der Waals surface area (Å²) in [6.45, 7) is 2.70. The average Bonchev–Trinajstić information content (AvgIpc) is 2.29. The Morgan fingerprint density at radius 3 is 3.00 bits per heavy atom. The van der Waals surface area contributed by atoms with Crippen LogP contribution in [0.1, 0.15) is 18.4 Å². The van der Waals surface area contributed by atoms with E-state index < -0.39 is 0 Å². The zero-order valence-electron chi connectivity index (χ0n) is 10.2. The molecule has 0 amide bonds. The van der Waals surface area contributed by atoms with Gasteiger partial charge in [-0.3, -0.25) is 4.90 Å². The van der Waals surface area contributed by atoms with E-state index in [2.05, 4.69) is 4.90 Å². The van der Waals surface area contributed by atoms with Gasteiger partial charge in [-0.2, -0.15) is 0 Å². The number of likely N-dealkylation sites (tertiary alicyclic amines) is 1. The Morgan fingerprint density at radius 1 is 1.53 bits per heavy atom. The van der Waals surface area contributed by atoms with Crippen molar-refractivity contribution in [1.82, 2.24) is 4.90 Å². The molecule has 2 rings (SSSR count). The summed E-state index contributed by atoms with van der Waals surface area (Å²) in [5, 5.41) is 0. The Hall–Kier alpha value is -1.13. The highest BCUT2D eigenvalue weighted by molar-refractivity contribution is 5.29. The number of methoxy groups -OCH3 is 1. The topological polar surface area (TPSA) is 38.5 Å². The van der Waals surface area contributed by atoms with Gasteiger partial charge in [-0.15, -0.1) is 0 Å². The van der Waals surface area contributed by atoms with Crippen molar-refractivity contribution in [3.8, 4) is 5.75 Å². The summed E-state index contributed by atoms with van der Waals surface area (Å²) < 4.78 is 18.4. The van der Waals surface area contributed by atoms with E-state index in [4.69, 9.17) is 10.5 Å². The molecule has 0 aromatic heterocycles. The number of ether oxygens (including phenoxy) is 1. The molecule has 1 aromatic carbocycles. The quantitative estimate of drug-likeness (QED) is 0.872. The maximum Gasteiger partial charge on any atom is 0.165 e. The van der Waals surface area contributed by atoms with E-state index in [1.807, 2.05) is 6.07 Å². The van der Waals surface area contributed by atoms with Gasteiger partial charge in [0.25, 0.3) is 0 Å². The third-order valence-electron chi connectivity index (χ3n) is 3.16. The summed E-state index contributed by atoms with van der Waals surface area (Å²) >= 11 is 0. The molecule has 0 spiro atoms. The molecule has 17 heavy (non-hydrogen) atoms. The van der Waals surface area contributed by atoms with E-state index in [1.54, 1.807) is 12.1 Å². The zero-order valence-corrected chi connectivity index (χ0v) is 10.2. The molecule has 0 bridgehead atoms. The van der Waals surface area contributed by atoms with Gasteiger partial charge in [0, 0.05) is 19.1 Å². The number of rotatable bonds is 3. The van der Waals surface area contributed by atoms with Crippen molar-refractivity contribution in [2.75, 3.05) is 20.2 Å². The third kappa shape index (κ3) is 3.17. The lowest BCUT2D eigenvalue weighted by atomic mass is 10.1. The summed E-state index contributed by atoms with van der Waals surface area (Å²) in [5.74, 6) is -0.00426. The maximum atomic E-state index is 13.5. The summed E-state index contributed by atoms with van der Waals surface area (Å²) in [4.78, 5) is 2.27. The van der Waals surface area contributed by atoms with Crippen LogP contribution in [0, 0.1) is 5.82 Å². The van der Waals surface area contributed by atoms with Crippen LogP contribution in [0.4, 0.5) is 4.39 Å². The number of hydrogen-bond donors (Lipinski definition) is 1. The first-order valence-corrected chi connectivity index (χ1v) is 5.99.